The first-order chi connectivity index (χ1) is 11.2. The number of nitrogens with zero attached hydrogens (tertiary/aromatic N) is 5. The van der Waals surface area contributed by atoms with Gasteiger partial charge in [0.1, 0.15) is 5.01 Å². The van der Waals surface area contributed by atoms with E-state index < -0.39 is 0 Å². The Bertz CT molecular complexity index is 706. The van der Waals surface area contributed by atoms with E-state index in [-0.39, 0.29) is 11.9 Å². The molecule has 23 heavy (non-hydrogen) atoms. The maximum absolute atomic E-state index is 12.3. The minimum Gasteiger partial charge on any atom is -0.347 e. The average molecular weight is 332 g/mol. The Morgan fingerprint density at radius 1 is 1.35 bits per heavy atom. The molecule has 7 nitrogen and oxygen atoms in total. The molecule has 0 bridgehead atoms. The predicted molar refractivity (Wildman–Crippen MR) is 87.8 cm³/mol. The normalized spacial score (nSPS) is 21.4. The van der Waals surface area contributed by atoms with Gasteiger partial charge in [-0.25, -0.2) is 0 Å². The topological polar surface area (TPSA) is 75.9 Å². The van der Waals surface area contributed by atoms with Gasteiger partial charge < -0.3 is 10.2 Å². The van der Waals surface area contributed by atoms with Crippen LogP contribution in [0.15, 0.2) is 12.4 Å². The first-order valence-corrected chi connectivity index (χ1v) is 8.88. The van der Waals surface area contributed by atoms with Crippen LogP contribution in [0.1, 0.15) is 47.0 Å². The molecule has 4 rings (SSSR count). The lowest BCUT2D eigenvalue weighted by Gasteiger charge is -2.32. The Morgan fingerprint density at radius 2 is 2.22 bits per heavy atom. The van der Waals surface area contributed by atoms with E-state index in [0.29, 0.717) is 11.5 Å². The molecule has 2 fully saturated rings. The van der Waals surface area contributed by atoms with Crippen molar-refractivity contribution in [3.8, 4) is 0 Å². The summed E-state index contributed by atoms with van der Waals surface area (Å²) in [5.74, 6) is 0.591. The van der Waals surface area contributed by atoms with E-state index in [0.717, 1.165) is 31.1 Å². The van der Waals surface area contributed by atoms with Gasteiger partial charge in [-0.15, -0.1) is 10.2 Å². The second kappa shape index (κ2) is 5.92. The average Bonchev–Trinajstić information content (AvgIpc) is 3.11. The lowest BCUT2D eigenvalue weighted by atomic mass is 10.1. The molecule has 122 valence electrons. The molecule has 1 aliphatic carbocycles. The fourth-order valence-corrected chi connectivity index (χ4v) is 3.97. The zero-order valence-corrected chi connectivity index (χ0v) is 13.9. The summed E-state index contributed by atoms with van der Waals surface area (Å²) in [4.78, 5) is 14.5. The smallest absolute Gasteiger partial charge is 0.254 e. The van der Waals surface area contributed by atoms with Crippen molar-refractivity contribution in [3.05, 3.63) is 23.0 Å². The highest BCUT2D eigenvalue weighted by Crippen LogP contribution is 2.42. The van der Waals surface area contributed by atoms with Crippen LogP contribution in [0.2, 0.25) is 0 Å². The van der Waals surface area contributed by atoms with Crippen molar-refractivity contribution in [1.29, 1.82) is 0 Å². The molecule has 1 aliphatic heterocycles. The third kappa shape index (κ3) is 3.21. The second-order valence-corrected chi connectivity index (χ2v) is 7.35. The first-order valence-electron chi connectivity index (χ1n) is 8.07. The molecule has 2 aromatic heterocycles. The predicted octanol–water partition coefficient (Wildman–Crippen LogP) is 1.55. The van der Waals surface area contributed by atoms with Gasteiger partial charge in [0.05, 0.1) is 11.8 Å². The van der Waals surface area contributed by atoms with Gasteiger partial charge in [-0.3, -0.25) is 9.48 Å². The first kappa shape index (κ1) is 14.6. The van der Waals surface area contributed by atoms with Crippen LogP contribution in [0.25, 0.3) is 0 Å². The number of carbonyl (C=O) groups excluding carboxylic acids is 1. The van der Waals surface area contributed by atoms with Crippen LogP contribution >= 0.6 is 11.3 Å². The summed E-state index contributed by atoms with van der Waals surface area (Å²) in [5.41, 5.74) is 0.608. The number of carbonyl (C=O) groups is 1. The molecule has 8 heteroatoms. The van der Waals surface area contributed by atoms with Crippen LogP contribution in [0.3, 0.4) is 0 Å². The Balaban J connectivity index is 1.39. The van der Waals surface area contributed by atoms with Crippen molar-refractivity contribution in [2.45, 2.75) is 37.6 Å². The van der Waals surface area contributed by atoms with Crippen LogP contribution < -0.4 is 10.2 Å². The maximum Gasteiger partial charge on any atom is 0.254 e. The molecular weight excluding hydrogens is 312 g/mol. The van der Waals surface area contributed by atoms with Crippen molar-refractivity contribution < 1.29 is 4.79 Å². The molecule has 0 aromatic carbocycles. The molecule has 1 atom stereocenters. The highest BCUT2D eigenvalue weighted by atomic mass is 32.1. The number of hydrogen-bond donors (Lipinski definition) is 1. The number of nitrogens with one attached hydrogen (secondary N) is 1. The SMILES string of the molecule is Cn1cc(C(=O)NC2CCCN(c3nnc(C4CC4)s3)C2)cn1. The third-order valence-corrected chi connectivity index (χ3v) is 5.50. The van der Waals surface area contributed by atoms with E-state index in [1.807, 2.05) is 7.05 Å². The molecule has 0 spiro atoms. The molecule has 3 heterocycles. The van der Waals surface area contributed by atoms with Crippen molar-refractivity contribution in [3.63, 3.8) is 0 Å². The molecule has 2 aromatic rings. The van der Waals surface area contributed by atoms with Crippen molar-refractivity contribution in [2.75, 3.05) is 18.0 Å². The van der Waals surface area contributed by atoms with Crippen molar-refractivity contribution in [1.82, 2.24) is 25.3 Å². The Morgan fingerprint density at radius 3 is 2.96 bits per heavy atom. The van der Waals surface area contributed by atoms with E-state index in [9.17, 15) is 4.79 Å². The van der Waals surface area contributed by atoms with E-state index in [1.54, 1.807) is 28.4 Å². The summed E-state index contributed by atoms with van der Waals surface area (Å²) in [6, 6.07) is 0.143. The van der Waals surface area contributed by atoms with Crippen molar-refractivity contribution >= 4 is 22.4 Å². The van der Waals surface area contributed by atoms with E-state index >= 15 is 0 Å². The molecule has 1 saturated heterocycles. The van der Waals surface area contributed by atoms with Crippen LogP contribution in [0, 0.1) is 0 Å². The summed E-state index contributed by atoms with van der Waals surface area (Å²) in [6.07, 6.45) is 7.88. The number of hydrogen-bond acceptors (Lipinski definition) is 6. The largest absolute Gasteiger partial charge is 0.347 e. The minimum absolute atomic E-state index is 0.0547. The van der Waals surface area contributed by atoms with E-state index in [1.165, 1.54) is 17.8 Å². The lowest BCUT2D eigenvalue weighted by molar-refractivity contribution is 0.0933. The van der Waals surface area contributed by atoms with E-state index in [2.05, 4.69) is 25.5 Å². The van der Waals surface area contributed by atoms with Gasteiger partial charge in [-0.2, -0.15) is 5.10 Å². The molecule has 1 N–H and O–H groups in total. The van der Waals surface area contributed by atoms with Crippen molar-refractivity contribution in [2.24, 2.45) is 7.05 Å². The van der Waals surface area contributed by atoms with E-state index in [4.69, 9.17) is 0 Å². The van der Waals surface area contributed by atoms with Gasteiger partial charge >= 0.3 is 0 Å². The highest BCUT2D eigenvalue weighted by Gasteiger charge is 2.30. The molecule has 0 radical (unpaired) electrons. The number of amides is 1. The van der Waals surface area contributed by atoms with Gasteiger partial charge in [0.25, 0.3) is 5.91 Å². The fraction of sp³-hybridized carbons (Fsp3) is 0.600. The molecule has 1 saturated carbocycles. The van der Waals surface area contributed by atoms with Crippen LogP contribution in [0.5, 0.6) is 0 Å². The van der Waals surface area contributed by atoms with Crippen LogP contribution in [-0.4, -0.2) is 45.0 Å². The van der Waals surface area contributed by atoms with Gasteiger partial charge in [0.15, 0.2) is 0 Å². The zero-order chi connectivity index (χ0) is 15.8. The maximum atomic E-state index is 12.3. The summed E-state index contributed by atoms with van der Waals surface area (Å²) in [7, 11) is 1.81. The quantitative estimate of drug-likeness (QED) is 0.919. The fourth-order valence-electron chi connectivity index (χ4n) is 2.93. The van der Waals surface area contributed by atoms with Gasteiger partial charge in [0.2, 0.25) is 5.13 Å². The summed E-state index contributed by atoms with van der Waals surface area (Å²) < 4.78 is 1.64. The Hall–Kier alpha value is -1.96. The summed E-state index contributed by atoms with van der Waals surface area (Å²) in [6.45, 7) is 1.78. The number of piperidine rings is 1. The number of aromatic nitrogens is 4. The standard InChI is InChI=1S/C15H20N6OS/c1-20-8-11(7-16-20)13(22)17-12-3-2-6-21(9-12)15-19-18-14(23-15)10-4-5-10/h7-8,10,12H,2-6,9H2,1H3,(H,17,22). The monoisotopic (exact) mass is 332 g/mol. The molecule has 1 amide bonds. The third-order valence-electron chi connectivity index (χ3n) is 4.35. The molecule has 1 unspecified atom stereocenters. The lowest BCUT2D eigenvalue weighted by Crippen LogP contribution is -2.47. The van der Waals surface area contributed by atoms with Crippen LogP contribution in [0.4, 0.5) is 5.13 Å². The Kier molecular flexibility index (Phi) is 3.76. The summed E-state index contributed by atoms with van der Waals surface area (Å²) in [5, 5.41) is 18.0. The molecular formula is C15H20N6OS. The van der Waals surface area contributed by atoms with Gasteiger partial charge in [-0.1, -0.05) is 11.3 Å². The van der Waals surface area contributed by atoms with Gasteiger partial charge in [0, 0.05) is 38.3 Å². The van der Waals surface area contributed by atoms with Crippen LogP contribution in [-0.2, 0) is 7.05 Å². The van der Waals surface area contributed by atoms with Gasteiger partial charge in [-0.05, 0) is 25.7 Å². The number of anilines is 1. The second-order valence-electron chi connectivity index (χ2n) is 6.36. The molecule has 2 aliphatic rings. The minimum atomic E-state index is -0.0547. The number of rotatable bonds is 4. The Labute approximate surface area is 138 Å². The zero-order valence-electron chi connectivity index (χ0n) is 13.1. The number of aryl methyl sites for hydroxylation is 1. The summed E-state index contributed by atoms with van der Waals surface area (Å²) >= 11 is 1.71. The highest BCUT2D eigenvalue weighted by molar-refractivity contribution is 7.15.